The van der Waals surface area contributed by atoms with E-state index in [-0.39, 0.29) is 29.1 Å². The van der Waals surface area contributed by atoms with Crippen LogP contribution in [0.5, 0.6) is 11.5 Å². The first-order valence-electron chi connectivity index (χ1n) is 36.2. The van der Waals surface area contributed by atoms with E-state index >= 15 is 9.59 Å². The topological polar surface area (TPSA) is 255 Å². The molecule has 3 N–H and O–H groups in total. The molecule has 0 spiro atoms. The molecule has 2 heterocycles. The van der Waals surface area contributed by atoms with Crippen LogP contribution in [0.4, 0.5) is 4.79 Å². The third kappa shape index (κ3) is 17.1. The molecule has 1 saturated heterocycles. The van der Waals surface area contributed by atoms with Gasteiger partial charge in [0.1, 0.15) is 65.0 Å². The van der Waals surface area contributed by atoms with E-state index < -0.39 is 143 Å². The van der Waals surface area contributed by atoms with Crippen LogP contribution in [0.25, 0.3) is 0 Å². The Kier molecular flexibility index (Phi) is 24.6. The Labute approximate surface area is 587 Å². The highest BCUT2D eigenvalue weighted by Crippen LogP contribution is 2.66. The number of benzene rings is 3. The van der Waals surface area contributed by atoms with E-state index in [0.29, 0.717) is 29.2 Å². The second-order valence-electron chi connectivity index (χ2n) is 31.9. The van der Waals surface area contributed by atoms with Gasteiger partial charge in [-0.05, 0) is 157 Å². The first kappa shape index (κ1) is 77.6. The van der Waals surface area contributed by atoms with Crippen molar-refractivity contribution < 1.29 is 81.4 Å². The molecule has 0 unspecified atom stereocenters. The quantitative estimate of drug-likeness (QED) is 0.0277. The lowest BCUT2D eigenvalue weighted by Gasteiger charge is -2.68. The van der Waals surface area contributed by atoms with Crippen LogP contribution in [0.2, 0.25) is 0 Å². The Bertz CT molecular complexity index is 3480. The number of Topliss-reactive ketones (excluding diaryl/α,β-unsaturated/α-hetero) is 1. The molecule has 19 nitrogen and oxygen atoms in total. The van der Waals surface area contributed by atoms with Crippen molar-refractivity contribution in [2.45, 2.75) is 274 Å². The molecule has 2 aliphatic heterocycles. The summed E-state index contributed by atoms with van der Waals surface area (Å²) in [5.74, 6) is -4.77. The van der Waals surface area contributed by atoms with Gasteiger partial charge in [-0.2, -0.15) is 0 Å². The lowest BCUT2D eigenvalue weighted by atomic mass is 9.42. The number of hydrogen-bond acceptors (Lipinski definition) is 17. The minimum Gasteiger partial charge on any atom is -0.487 e. The van der Waals surface area contributed by atoms with Crippen LogP contribution < -0.4 is 20.1 Å². The minimum atomic E-state index is -2.24. The molecule has 0 radical (unpaired) electrons. The average molecular weight is 1370 g/mol. The van der Waals surface area contributed by atoms with E-state index in [1.807, 2.05) is 27.7 Å². The Morgan fingerprint density at radius 1 is 0.768 bits per heavy atom. The maximum atomic E-state index is 15.8. The molecule has 2 saturated carbocycles. The lowest BCUT2D eigenvalue weighted by Crippen LogP contribution is -2.80. The number of carbonyl (C=O) groups excluding carboxylic acids is 8. The van der Waals surface area contributed by atoms with Crippen molar-refractivity contribution >= 4 is 47.6 Å². The van der Waals surface area contributed by atoms with Gasteiger partial charge >= 0.3 is 35.9 Å². The summed E-state index contributed by atoms with van der Waals surface area (Å²) < 4.78 is 50.2. The SMILES string of the molecule is CC(=O)O[C@@]12CO[C@@H]1C[C@H](C)[C@@]1(C)C(=O)[C@H](C)C3=C(C)[C@@H](OC(=O)[C@H](OC(=O)CCC(=O)NCC(=O)Oc4c(C)c(C)c5c(c4C)CC[C@@](C)(CCC[C@H](C)CCC[C@H](C)CCCC(C)C)O5)[C@@H](NC(=O)OC(C)(C)C)c4ccccc4)C[C@@](O)([C@@H](OC(=O)c4ccccc4)[C@H]21)C3(C)C. The van der Waals surface area contributed by atoms with E-state index in [4.69, 9.17) is 37.9 Å². The third-order valence-corrected chi connectivity index (χ3v) is 22.6. The van der Waals surface area contributed by atoms with E-state index in [2.05, 4.69) is 45.3 Å². The van der Waals surface area contributed by atoms with Crippen LogP contribution in [-0.4, -0.2) is 113 Å². The largest absolute Gasteiger partial charge is 0.487 e. The number of alkyl carbamates (subject to hydrolysis) is 1. The number of esters is 5. The van der Waals surface area contributed by atoms with Crippen LogP contribution in [0, 0.1) is 67.1 Å². The van der Waals surface area contributed by atoms with Gasteiger partial charge in [0.25, 0.3) is 0 Å². The van der Waals surface area contributed by atoms with E-state index in [0.717, 1.165) is 71.9 Å². The van der Waals surface area contributed by atoms with Crippen LogP contribution >= 0.6 is 0 Å². The van der Waals surface area contributed by atoms with E-state index in [1.54, 1.807) is 116 Å². The number of ketones is 1. The zero-order chi connectivity index (χ0) is 72.9. The molecule has 8 rings (SSSR count). The predicted molar refractivity (Wildman–Crippen MR) is 374 cm³/mol. The highest BCUT2D eigenvalue weighted by atomic mass is 16.6. The van der Waals surface area contributed by atoms with Crippen molar-refractivity contribution in [2.75, 3.05) is 13.2 Å². The number of fused-ring (bicyclic) bond motifs is 6. The van der Waals surface area contributed by atoms with Gasteiger partial charge in [-0.25, -0.2) is 19.2 Å². The van der Waals surface area contributed by atoms with Crippen LogP contribution in [-0.2, 0) is 63.6 Å². The van der Waals surface area contributed by atoms with Gasteiger partial charge in [-0.1, -0.05) is 156 Å². The molecule has 19 heteroatoms. The predicted octanol–water partition coefficient (Wildman–Crippen LogP) is 14.3. The minimum absolute atomic E-state index is 0.137. The highest BCUT2D eigenvalue weighted by Gasteiger charge is 2.77. The molecule has 0 aromatic heterocycles. The molecule has 5 aliphatic rings. The number of carbonyl (C=O) groups is 8. The smallest absolute Gasteiger partial charge is 0.408 e. The normalized spacial score (nSPS) is 27.3. The Morgan fingerprint density at radius 3 is 1.98 bits per heavy atom. The maximum absolute atomic E-state index is 15.8. The molecule has 2 amide bonds. The summed E-state index contributed by atoms with van der Waals surface area (Å²) in [4.78, 5) is 115. The fourth-order valence-electron chi connectivity index (χ4n) is 16.7. The zero-order valence-electron chi connectivity index (χ0n) is 62.1. The van der Waals surface area contributed by atoms with Crippen molar-refractivity contribution in [3.05, 3.63) is 105 Å². The van der Waals surface area contributed by atoms with Crippen LogP contribution in [0.15, 0.2) is 71.8 Å². The number of ether oxygens (including phenoxy) is 8. The number of nitrogens with one attached hydrogen (secondary N) is 2. The summed E-state index contributed by atoms with van der Waals surface area (Å²) in [6, 6.07) is 14.8. The van der Waals surface area contributed by atoms with Crippen molar-refractivity contribution in [1.29, 1.82) is 0 Å². The second-order valence-corrected chi connectivity index (χ2v) is 31.9. The van der Waals surface area contributed by atoms with Gasteiger partial charge in [-0.3, -0.25) is 19.2 Å². The van der Waals surface area contributed by atoms with E-state index in [9.17, 15) is 33.9 Å². The molecule has 3 aromatic rings. The van der Waals surface area contributed by atoms with Crippen molar-refractivity contribution in [3.8, 4) is 11.5 Å². The number of amides is 2. The van der Waals surface area contributed by atoms with Gasteiger partial charge in [0, 0.05) is 42.1 Å². The Hall–Kier alpha value is -7.12. The molecule has 3 aromatic carbocycles. The zero-order valence-corrected chi connectivity index (χ0v) is 62.1. The summed E-state index contributed by atoms with van der Waals surface area (Å²) in [7, 11) is 0. The Morgan fingerprint density at radius 2 is 1.38 bits per heavy atom. The highest BCUT2D eigenvalue weighted by molar-refractivity contribution is 5.93. The van der Waals surface area contributed by atoms with Crippen LogP contribution in [0.3, 0.4) is 0 Å². The average Bonchev–Trinajstić information content (AvgIpc) is 0.667. The fraction of sp³-hybridized carbons (Fsp3) is 0.650. The number of aliphatic hydroxyl groups is 1. The number of hydrogen-bond donors (Lipinski definition) is 3. The number of rotatable bonds is 27. The van der Waals surface area contributed by atoms with Gasteiger partial charge in [0.2, 0.25) is 12.0 Å². The lowest BCUT2D eigenvalue weighted by molar-refractivity contribution is -0.339. The molecular formula is C80H112N2O17. The fourth-order valence-corrected chi connectivity index (χ4v) is 16.7. The molecule has 3 fully saturated rings. The molecule has 544 valence electrons. The first-order valence-corrected chi connectivity index (χ1v) is 36.2. The van der Waals surface area contributed by atoms with Gasteiger partial charge < -0.3 is 53.6 Å². The van der Waals surface area contributed by atoms with E-state index in [1.165, 1.54) is 45.4 Å². The monoisotopic (exact) mass is 1370 g/mol. The van der Waals surface area contributed by atoms with Gasteiger partial charge in [0.15, 0.2) is 5.60 Å². The summed E-state index contributed by atoms with van der Waals surface area (Å²) in [6.45, 7) is 33.3. The van der Waals surface area contributed by atoms with Crippen molar-refractivity contribution in [3.63, 3.8) is 0 Å². The van der Waals surface area contributed by atoms with Crippen molar-refractivity contribution in [1.82, 2.24) is 10.6 Å². The summed E-state index contributed by atoms with van der Waals surface area (Å²) >= 11 is 0. The second kappa shape index (κ2) is 31.4. The van der Waals surface area contributed by atoms with Gasteiger partial charge in [-0.15, -0.1) is 0 Å². The molecular weight excluding hydrogens is 1260 g/mol. The molecule has 14 atom stereocenters. The van der Waals surface area contributed by atoms with Crippen LogP contribution in [0.1, 0.15) is 238 Å². The molecule has 3 aliphatic carbocycles. The maximum Gasteiger partial charge on any atom is 0.408 e. The summed E-state index contributed by atoms with van der Waals surface area (Å²) in [6.07, 6.45) is 4.36. The standard InChI is InChI=1S/C80H112N2O17/c1-46(2)28-25-29-47(3)30-26-31-48(4)32-27-40-77(17)41-39-58-52(8)66(50(6)51(7)67(58)98-77)95-63(86)44-81-61(84)37-38-62(85)94-68(65(56-33-21-19-22-34-56)82-74(90)99-75(12,13)14)73(89)93-59-43-80(91)71(96-72(88)57-35-23-20-24-36-57)69-78(18,70(87)54(10)64(53(59)9)76(80,15)16)49(5)42-60-79(69,45-92-60)97-55(11)83/h19-24,33-36,46-49,54,59-60,65,68-69,71,91H,25-32,37-45H2,1-18H3,(H,81,84)(H,82,90)/t47-,48-,49+,54-,59+,60-,65+,68-,69+,71+,77-,78-,79+,80-/m1/s1. The molecule has 2 bridgehead atoms. The summed E-state index contributed by atoms with van der Waals surface area (Å²) in [5, 5.41) is 19.4. The first-order chi connectivity index (χ1) is 46.4. The van der Waals surface area contributed by atoms with Crippen molar-refractivity contribution in [2.24, 2.45) is 46.3 Å². The summed E-state index contributed by atoms with van der Waals surface area (Å²) in [5.41, 5.74) is -3.42. The third-order valence-electron chi connectivity index (χ3n) is 22.6. The molecule has 99 heavy (non-hydrogen) atoms. The van der Waals surface area contributed by atoms with Gasteiger partial charge in [0.05, 0.1) is 24.5 Å². The Balaban J connectivity index is 0.995.